The van der Waals surface area contributed by atoms with Crippen molar-refractivity contribution in [3.8, 4) is 0 Å². The Labute approximate surface area is 121 Å². The van der Waals surface area contributed by atoms with E-state index in [-0.39, 0.29) is 5.54 Å². The van der Waals surface area contributed by atoms with E-state index in [1.807, 2.05) is 11.7 Å². The molecule has 1 aliphatic rings. The maximum Gasteiger partial charge on any atom is 0.0625 e. The van der Waals surface area contributed by atoms with Gasteiger partial charge in [-0.3, -0.25) is 4.68 Å². The second-order valence-corrected chi connectivity index (χ2v) is 6.32. The molecule has 1 saturated carbocycles. The minimum Gasteiger partial charge on any atom is -0.304 e. The van der Waals surface area contributed by atoms with Crippen molar-refractivity contribution in [1.82, 2.24) is 15.1 Å². The van der Waals surface area contributed by atoms with E-state index >= 15 is 0 Å². The molecule has 1 aromatic rings. The quantitative estimate of drug-likeness (QED) is 0.841. The van der Waals surface area contributed by atoms with E-state index in [2.05, 4.69) is 30.3 Å². The molecule has 0 bridgehead atoms. The molecule has 0 radical (unpaired) electrons. The first-order valence-corrected chi connectivity index (χ1v) is 7.95. The Kier molecular flexibility index (Phi) is 4.91. The number of hydrogen-bond acceptors (Lipinski definition) is 2. The zero-order valence-corrected chi connectivity index (χ0v) is 13.1. The van der Waals surface area contributed by atoms with E-state index in [0.29, 0.717) is 5.88 Å². The Morgan fingerprint density at radius 2 is 2.16 bits per heavy atom. The lowest BCUT2D eigenvalue weighted by molar-refractivity contribution is 0.214. The zero-order chi connectivity index (χ0) is 13.9. The predicted octanol–water partition coefficient (Wildman–Crippen LogP) is 3.26. The minimum atomic E-state index is 0.130. The van der Waals surface area contributed by atoms with Crippen molar-refractivity contribution in [2.24, 2.45) is 13.0 Å². The van der Waals surface area contributed by atoms with Gasteiger partial charge in [-0.1, -0.05) is 13.8 Å². The van der Waals surface area contributed by atoms with Crippen LogP contribution >= 0.6 is 11.6 Å². The van der Waals surface area contributed by atoms with E-state index < -0.39 is 0 Å². The normalized spacial score (nSPS) is 27.7. The van der Waals surface area contributed by atoms with Crippen LogP contribution in [0.4, 0.5) is 0 Å². The highest BCUT2D eigenvalue weighted by Crippen LogP contribution is 2.33. The smallest absolute Gasteiger partial charge is 0.0625 e. The third-order valence-corrected chi connectivity index (χ3v) is 5.03. The lowest BCUT2D eigenvalue weighted by Crippen LogP contribution is -2.49. The van der Waals surface area contributed by atoms with Crippen molar-refractivity contribution in [2.45, 2.75) is 58.0 Å². The summed E-state index contributed by atoms with van der Waals surface area (Å²) >= 11 is 6.24. The predicted molar refractivity (Wildman–Crippen MR) is 80.5 cm³/mol. The van der Waals surface area contributed by atoms with Gasteiger partial charge in [0, 0.05) is 25.0 Å². The lowest BCUT2D eigenvalue weighted by Gasteiger charge is -2.39. The number of nitrogens with one attached hydrogen (secondary N) is 1. The molecule has 0 amide bonds. The molecule has 0 saturated heterocycles. The molecule has 1 fully saturated rings. The molecular weight excluding hydrogens is 258 g/mol. The molecule has 1 heterocycles. The van der Waals surface area contributed by atoms with Crippen LogP contribution in [0.1, 0.15) is 50.9 Å². The topological polar surface area (TPSA) is 29.9 Å². The fourth-order valence-corrected chi connectivity index (χ4v) is 3.22. The Morgan fingerprint density at radius 1 is 1.47 bits per heavy atom. The Bertz CT molecular complexity index is 406. The summed E-state index contributed by atoms with van der Waals surface area (Å²) in [6, 6.07) is 2.19. The van der Waals surface area contributed by atoms with Gasteiger partial charge in [0.25, 0.3) is 0 Å². The fraction of sp³-hybridized carbons (Fsp3) is 0.800. The Balaban J connectivity index is 1.97. The summed E-state index contributed by atoms with van der Waals surface area (Å²) in [5, 5.41) is 8.20. The second kappa shape index (κ2) is 6.27. The van der Waals surface area contributed by atoms with Gasteiger partial charge in [0.15, 0.2) is 0 Å². The molecule has 19 heavy (non-hydrogen) atoms. The van der Waals surface area contributed by atoms with Crippen LogP contribution in [0.15, 0.2) is 6.07 Å². The molecule has 0 unspecified atom stereocenters. The van der Waals surface area contributed by atoms with Gasteiger partial charge in [-0.15, -0.1) is 11.6 Å². The third-order valence-electron chi connectivity index (χ3n) is 4.52. The molecule has 1 N–H and O–H groups in total. The summed E-state index contributed by atoms with van der Waals surface area (Å²) in [5.41, 5.74) is 2.54. The molecule has 0 aromatic carbocycles. The van der Waals surface area contributed by atoms with Crippen LogP contribution in [0.5, 0.6) is 0 Å². The van der Waals surface area contributed by atoms with Crippen LogP contribution < -0.4 is 5.32 Å². The molecule has 1 aromatic heterocycles. The van der Waals surface area contributed by atoms with Gasteiger partial charge in [-0.05, 0) is 44.1 Å². The monoisotopic (exact) mass is 283 g/mol. The van der Waals surface area contributed by atoms with E-state index in [1.54, 1.807) is 0 Å². The average Bonchev–Trinajstić information content (AvgIpc) is 2.79. The van der Waals surface area contributed by atoms with Crippen LogP contribution in [0.2, 0.25) is 0 Å². The molecule has 2 rings (SSSR count). The van der Waals surface area contributed by atoms with E-state index in [9.17, 15) is 0 Å². The van der Waals surface area contributed by atoms with E-state index in [0.717, 1.165) is 24.6 Å². The Hall–Kier alpha value is -0.540. The Morgan fingerprint density at radius 3 is 2.68 bits per heavy atom. The van der Waals surface area contributed by atoms with Crippen molar-refractivity contribution in [1.29, 1.82) is 0 Å². The summed E-state index contributed by atoms with van der Waals surface area (Å²) in [6.45, 7) is 5.35. The van der Waals surface area contributed by atoms with Crippen LogP contribution in [-0.2, 0) is 20.0 Å². The van der Waals surface area contributed by atoms with Gasteiger partial charge >= 0.3 is 0 Å². The number of aromatic nitrogens is 2. The van der Waals surface area contributed by atoms with Crippen LogP contribution in [-0.4, -0.2) is 21.2 Å². The molecule has 4 heteroatoms. The molecule has 3 nitrogen and oxygen atoms in total. The zero-order valence-electron chi connectivity index (χ0n) is 12.4. The van der Waals surface area contributed by atoms with Gasteiger partial charge in [-0.25, -0.2) is 0 Å². The number of nitrogens with zero attached hydrogens (tertiary/aromatic N) is 2. The standard InChI is InChI=1S/C15H26ClN3/c1-4-13-9-14(19(3)18-13)10-17-15(11-16)7-5-12(2)6-8-15/h9,12,17H,4-8,10-11H2,1-3H3. The molecule has 0 atom stereocenters. The second-order valence-electron chi connectivity index (χ2n) is 6.05. The number of halogens is 1. The SMILES string of the molecule is CCc1cc(CNC2(CCl)CCC(C)CC2)n(C)n1. The van der Waals surface area contributed by atoms with Crippen LogP contribution in [0, 0.1) is 5.92 Å². The molecule has 1 aliphatic carbocycles. The summed E-state index contributed by atoms with van der Waals surface area (Å²) in [7, 11) is 2.02. The van der Waals surface area contributed by atoms with Crippen LogP contribution in [0.3, 0.4) is 0 Å². The fourth-order valence-electron chi connectivity index (χ4n) is 2.86. The first kappa shape index (κ1) is 14.9. The lowest BCUT2D eigenvalue weighted by atomic mass is 9.78. The van der Waals surface area contributed by atoms with E-state index in [1.165, 1.54) is 31.4 Å². The van der Waals surface area contributed by atoms with Gasteiger partial charge in [0.1, 0.15) is 0 Å². The summed E-state index contributed by atoms with van der Waals surface area (Å²) in [6.07, 6.45) is 5.94. The van der Waals surface area contributed by atoms with Crippen molar-refractivity contribution in [3.05, 3.63) is 17.5 Å². The average molecular weight is 284 g/mol. The molecule has 0 aliphatic heterocycles. The first-order valence-electron chi connectivity index (χ1n) is 7.41. The van der Waals surface area contributed by atoms with Crippen molar-refractivity contribution < 1.29 is 0 Å². The summed E-state index contributed by atoms with van der Waals surface area (Å²) < 4.78 is 1.99. The summed E-state index contributed by atoms with van der Waals surface area (Å²) in [5.74, 6) is 1.56. The van der Waals surface area contributed by atoms with Crippen molar-refractivity contribution in [3.63, 3.8) is 0 Å². The third kappa shape index (κ3) is 3.51. The molecular formula is C15H26ClN3. The van der Waals surface area contributed by atoms with Gasteiger partial charge in [0.05, 0.1) is 11.4 Å². The van der Waals surface area contributed by atoms with Crippen molar-refractivity contribution >= 4 is 11.6 Å². The van der Waals surface area contributed by atoms with E-state index in [4.69, 9.17) is 11.6 Å². The number of alkyl halides is 1. The number of rotatable bonds is 5. The largest absolute Gasteiger partial charge is 0.304 e. The first-order chi connectivity index (χ1) is 9.08. The maximum absolute atomic E-state index is 6.24. The molecule has 108 valence electrons. The molecule has 0 spiro atoms. The van der Waals surface area contributed by atoms with Gasteiger partial charge in [-0.2, -0.15) is 5.10 Å². The number of aryl methyl sites for hydroxylation is 2. The van der Waals surface area contributed by atoms with Gasteiger partial charge < -0.3 is 5.32 Å². The van der Waals surface area contributed by atoms with Crippen molar-refractivity contribution in [2.75, 3.05) is 5.88 Å². The van der Waals surface area contributed by atoms with Gasteiger partial charge in [0.2, 0.25) is 0 Å². The maximum atomic E-state index is 6.24. The highest BCUT2D eigenvalue weighted by atomic mass is 35.5. The van der Waals surface area contributed by atoms with Crippen LogP contribution in [0.25, 0.3) is 0 Å². The highest BCUT2D eigenvalue weighted by molar-refractivity contribution is 6.18. The minimum absolute atomic E-state index is 0.130. The number of hydrogen-bond donors (Lipinski definition) is 1. The highest BCUT2D eigenvalue weighted by Gasteiger charge is 2.33. The summed E-state index contributed by atoms with van der Waals surface area (Å²) in [4.78, 5) is 0.